The number of rotatable bonds is 4. The highest BCUT2D eigenvalue weighted by Gasteiger charge is 2.38. The Morgan fingerprint density at radius 1 is 0.478 bits per heavy atom. The minimum atomic E-state index is -3.13. The molecule has 0 spiro atoms. The summed E-state index contributed by atoms with van der Waals surface area (Å²) in [5.74, 6) is 1.78. The quantitative estimate of drug-likeness (QED) is 0.181. The molecule has 6 aromatic carbocycles. The lowest BCUT2D eigenvalue weighted by Gasteiger charge is -2.28. The molecule has 1 unspecified atom stereocenters. The van der Waals surface area contributed by atoms with Crippen LogP contribution in [-0.4, -0.2) is 15.0 Å². The highest BCUT2D eigenvalue weighted by atomic mass is 32.2. The van der Waals surface area contributed by atoms with E-state index in [9.17, 15) is 0 Å². The van der Waals surface area contributed by atoms with E-state index in [1.54, 1.807) is 11.8 Å². The van der Waals surface area contributed by atoms with E-state index in [2.05, 4.69) is 18.2 Å². The third kappa shape index (κ3) is 4.33. The van der Waals surface area contributed by atoms with Crippen LogP contribution in [0.3, 0.4) is 0 Å². The topological polar surface area (TPSA) is 68.9 Å². The molecule has 3 heterocycles. The van der Waals surface area contributed by atoms with Crippen LogP contribution in [0.5, 0.6) is 0 Å². The molecule has 0 bridgehead atoms. The summed E-state index contributed by atoms with van der Waals surface area (Å²) in [6, 6.07) is 47.9. The largest absolute Gasteiger partial charge is 0.456 e. The maximum absolute atomic E-state index is 15.2. The fraction of sp³-hybridized carbons (Fsp3) is 0. The predicted octanol–water partition coefficient (Wildman–Crippen LogP) is 8.88. The van der Waals surface area contributed by atoms with Gasteiger partial charge in [-0.05, 0) is 36.4 Å². The number of furan rings is 1. The van der Waals surface area contributed by atoms with Crippen LogP contribution in [0.25, 0.3) is 56.1 Å². The zero-order valence-corrected chi connectivity index (χ0v) is 26.1. The molecule has 218 valence electrons. The molecule has 0 radical (unpaired) electrons. The van der Waals surface area contributed by atoms with Crippen molar-refractivity contribution in [1.29, 1.82) is 0 Å². The Hall–Kier alpha value is -5.29. The van der Waals surface area contributed by atoms with Crippen molar-refractivity contribution in [2.75, 3.05) is 0 Å². The van der Waals surface area contributed by atoms with Crippen LogP contribution in [0.4, 0.5) is 0 Å². The highest BCUT2D eigenvalue weighted by molar-refractivity contribution is 8.02. The molecule has 2 aromatic heterocycles. The lowest BCUT2D eigenvalue weighted by atomic mass is 10.1. The second-order valence-corrected chi connectivity index (χ2v) is 15.0. The molecule has 1 atom stereocenters. The first-order chi connectivity index (χ1) is 22.6. The summed E-state index contributed by atoms with van der Waals surface area (Å²) in [4.78, 5) is 16.6. The highest BCUT2D eigenvalue weighted by Crippen LogP contribution is 2.53. The average Bonchev–Trinajstić information content (AvgIpc) is 3.49. The maximum atomic E-state index is 15.2. The molecule has 5 nitrogen and oxygen atoms in total. The van der Waals surface area contributed by atoms with Crippen LogP contribution in [-0.2, 0) is 4.57 Å². The van der Waals surface area contributed by atoms with Gasteiger partial charge in [0.25, 0.3) is 0 Å². The molecular weight excluding hydrogens is 605 g/mol. The number of fused-ring (bicyclic) bond motifs is 5. The Balaban J connectivity index is 1.22. The Morgan fingerprint density at radius 2 is 1.04 bits per heavy atom. The lowest BCUT2D eigenvalue weighted by molar-refractivity contribution is 0.591. The van der Waals surface area contributed by atoms with Crippen molar-refractivity contribution in [2.24, 2.45) is 0 Å². The molecule has 0 fully saturated rings. The first kappa shape index (κ1) is 27.1. The molecule has 7 heteroatoms. The third-order valence-electron chi connectivity index (χ3n) is 8.39. The summed E-state index contributed by atoms with van der Waals surface area (Å²) in [7, 11) is -3.13. The van der Waals surface area contributed by atoms with E-state index in [1.165, 1.54) is 0 Å². The van der Waals surface area contributed by atoms with Gasteiger partial charge in [0.05, 0.1) is 0 Å². The second-order valence-electron chi connectivity index (χ2n) is 11.2. The van der Waals surface area contributed by atoms with E-state index in [0.29, 0.717) is 23.1 Å². The van der Waals surface area contributed by atoms with E-state index in [1.807, 2.05) is 127 Å². The number of benzene rings is 6. The van der Waals surface area contributed by atoms with Crippen LogP contribution in [0.2, 0.25) is 0 Å². The van der Waals surface area contributed by atoms with E-state index < -0.39 is 7.14 Å². The standard InChI is InChI=1S/C39H24N3O2PS/c43-45(28-16-8-3-9-17-28)33-18-10-11-19-35(33)46-36-23-30-29-21-20-27(22-31(29)44-32(30)24-34(36)45)39-41-37(25-12-4-1-5-13-25)40-38(42-39)26-14-6-2-7-15-26/h1-24H. The van der Waals surface area contributed by atoms with Crippen molar-refractivity contribution in [3.63, 3.8) is 0 Å². The van der Waals surface area contributed by atoms with Gasteiger partial charge in [0, 0.05) is 53.2 Å². The van der Waals surface area contributed by atoms with Gasteiger partial charge < -0.3 is 8.98 Å². The fourth-order valence-corrected chi connectivity index (χ4v) is 10.9. The van der Waals surface area contributed by atoms with Crippen molar-refractivity contribution >= 4 is 56.8 Å². The molecule has 0 N–H and O–H groups in total. The van der Waals surface area contributed by atoms with Gasteiger partial charge in [-0.2, -0.15) is 0 Å². The van der Waals surface area contributed by atoms with Gasteiger partial charge in [-0.15, -0.1) is 0 Å². The number of aromatic nitrogens is 3. The van der Waals surface area contributed by atoms with E-state index >= 15 is 4.57 Å². The predicted molar refractivity (Wildman–Crippen MR) is 187 cm³/mol. The normalized spacial score (nSPS) is 15.5. The molecule has 46 heavy (non-hydrogen) atoms. The summed E-state index contributed by atoms with van der Waals surface area (Å²) in [6.07, 6.45) is 0. The minimum Gasteiger partial charge on any atom is -0.456 e. The summed E-state index contributed by atoms with van der Waals surface area (Å²) >= 11 is 1.66. The second kappa shape index (κ2) is 10.7. The van der Waals surface area contributed by atoms with Gasteiger partial charge in [0.2, 0.25) is 0 Å². The zero-order valence-electron chi connectivity index (χ0n) is 24.4. The summed E-state index contributed by atoms with van der Waals surface area (Å²) in [6.45, 7) is 0. The van der Waals surface area contributed by atoms with Gasteiger partial charge in [-0.1, -0.05) is 121 Å². The summed E-state index contributed by atoms with van der Waals surface area (Å²) in [5, 5.41) is 4.47. The van der Waals surface area contributed by atoms with Crippen LogP contribution in [0, 0.1) is 0 Å². The van der Waals surface area contributed by atoms with E-state index in [0.717, 1.165) is 58.8 Å². The molecule has 0 amide bonds. The molecule has 0 saturated heterocycles. The Kier molecular flexibility index (Phi) is 6.27. The van der Waals surface area contributed by atoms with Gasteiger partial charge in [0.15, 0.2) is 24.6 Å². The Bertz CT molecular complexity index is 2420. The Labute approximate surface area is 269 Å². The average molecular weight is 630 g/mol. The third-order valence-corrected chi connectivity index (χ3v) is 13.0. The van der Waals surface area contributed by atoms with Gasteiger partial charge in [-0.3, -0.25) is 0 Å². The van der Waals surface area contributed by atoms with Crippen LogP contribution < -0.4 is 15.9 Å². The van der Waals surface area contributed by atoms with E-state index in [4.69, 9.17) is 19.4 Å². The minimum absolute atomic E-state index is 0.564. The number of hydrogen-bond donors (Lipinski definition) is 0. The molecule has 0 saturated carbocycles. The van der Waals surface area contributed by atoms with Gasteiger partial charge in [-0.25, -0.2) is 15.0 Å². The molecule has 8 aromatic rings. The Morgan fingerprint density at radius 3 is 1.72 bits per heavy atom. The van der Waals surface area contributed by atoms with Crippen molar-refractivity contribution in [3.05, 3.63) is 146 Å². The molecule has 1 aliphatic heterocycles. The zero-order chi connectivity index (χ0) is 30.7. The van der Waals surface area contributed by atoms with Crippen LogP contribution >= 0.6 is 18.9 Å². The molecular formula is C39H24N3O2PS. The van der Waals surface area contributed by atoms with Crippen molar-refractivity contribution in [1.82, 2.24) is 15.0 Å². The fourth-order valence-electron chi connectivity index (χ4n) is 6.16. The number of hydrogen-bond acceptors (Lipinski definition) is 6. The van der Waals surface area contributed by atoms with Crippen LogP contribution in [0.15, 0.2) is 160 Å². The number of nitrogens with zero attached hydrogens (tertiary/aromatic N) is 3. The first-order valence-corrected chi connectivity index (χ1v) is 17.5. The van der Waals surface area contributed by atoms with Crippen LogP contribution in [0.1, 0.15) is 0 Å². The van der Waals surface area contributed by atoms with Gasteiger partial charge in [0.1, 0.15) is 11.2 Å². The van der Waals surface area contributed by atoms with E-state index in [-0.39, 0.29) is 0 Å². The first-order valence-electron chi connectivity index (χ1n) is 15.0. The monoisotopic (exact) mass is 629 g/mol. The maximum Gasteiger partial charge on any atom is 0.173 e. The smallest absolute Gasteiger partial charge is 0.173 e. The van der Waals surface area contributed by atoms with Gasteiger partial charge >= 0.3 is 0 Å². The molecule has 1 aliphatic rings. The summed E-state index contributed by atoms with van der Waals surface area (Å²) < 4.78 is 21.7. The summed E-state index contributed by atoms with van der Waals surface area (Å²) in [5.41, 5.74) is 4.08. The van der Waals surface area contributed by atoms with Crippen molar-refractivity contribution in [3.8, 4) is 34.2 Å². The van der Waals surface area contributed by atoms with Crippen molar-refractivity contribution < 1.29 is 8.98 Å². The lowest BCUT2D eigenvalue weighted by Crippen LogP contribution is -2.30. The molecule has 0 aliphatic carbocycles. The SMILES string of the molecule is O=P1(c2ccccc2)c2ccccc2Sc2cc3c(cc21)oc1cc(-c2nc(-c4ccccc4)nc(-c4ccccc4)n2)ccc13. The van der Waals surface area contributed by atoms with Crippen molar-refractivity contribution in [2.45, 2.75) is 9.79 Å². The molecule has 9 rings (SSSR count).